The molecule has 2 atom stereocenters. The summed E-state index contributed by atoms with van der Waals surface area (Å²) >= 11 is 0. The van der Waals surface area contributed by atoms with Crippen LogP contribution in [0.25, 0.3) is 0 Å². The molecular formula is C12H22N2O3. The van der Waals surface area contributed by atoms with Gasteiger partial charge in [-0.05, 0) is 25.7 Å². The van der Waals surface area contributed by atoms with Gasteiger partial charge in [0, 0.05) is 25.7 Å². The molecule has 2 aliphatic rings. The standard InChI is InChI=1S/C12H22N2O3/c1-9(8-14-4-6-17-7-5-14)13-11(12(15)16)10-2-3-10/h9-11,13H,2-8H2,1H3,(H,15,16). The van der Waals surface area contributed by atoms with E-state index in [-0.39, 0.29) is 12.1 Å². The summed E-state index contributed by atoms with van der Waals surface area (Å²) in [6.07, 6.45) is 2.10. The van der Waals surface area contributed by atoms with E-state index in [1.54, 1.807) is 0 Å². The van der Waals surface area contributed by atoms with E-state index in [2.05, 4.69) is 17.1 Å². The Labute approximate surface area is 102 Å². The van der Waals surface area contributed by atoms with Gasteiger partial charge in [-0.2, -0.15) is 0 Å². The predicted molar refractivity (Wildman–Crippen MR) is 64.0 cm³/mol. The molecule has 0 spiro atoms. The number of nitrogens with zero attached hydrogens (tertiary/aromatic N) is 1. The Bertz CT molecular complexity index is 262. The molecule has 2 unspecified atom stereocenters. The van der Waals surface area contributed by atoms with Crippen LogP contribution in [0.15, 0.2) is 0 Å². The first-order valence-corrected chi connectivity index (χ1v) is 6.46. The molecule has 0 amide bonds. The molecular weight excluding hydrogens is 220 g/mol. The topological polar surface area (TPSA) is 61.8 Å². The van der Waals surface area contributed by atoms with Crippen LogP contribution >= 0.6 is 0 Å². The van der Waals surface area contributed by atoms with Gasteiger partial charge in [0.25, 0.3) is 0 Å². The molecule has 17 heavy (non-hydrogen) atoms. The van der Waals surface area contributed by atoms with Gasteiger partial charge in [0.1, 0.15) is 6.04 Å². The Morgan fingerprint density at radius 2 is 2.12 bits per heavy atom. The molecule has 0 radical (unpaired) electrons. The van der Waals surface area contributed by atoms with Crippen LogP contribution in [0.2, 0.25) is 0 Å². The molecule has 2 rings (SSSR count). The van der Waals surface area contributed by atoms with Crippen molar-refractivity contribution < 1.29 is 14.6 Å². The van der Waals surface area contributed by atoms with Gasteiger partial charge < -0.3 is 15.2 Å². The highest BCUT2D eigenvalue weighted by Gasteiger charge is 2.36. The number of hydrogen-bond acceptors (Lipinski definition) is 4. The fourth-order valence-electron chi connectivity index (χ4n) is 2.37. The zero-order valence-electron chi connectivity index (χ0n) is 10.4. The fraction of sp³-hybridized carbons (Fsp3) is 0.917. The van der Waals surface area contributed by atoms with E-state index in [9.17, 15) is 4.79 Å². The molecule has 98 valence electrons. The van der Waals surface area contributed by atoms with E-state index in [0.717, 1.165) is 45.7 Å². The number of aliphatic carboxylic acids is 1. The third-order valence-corrected chi connectivity index (χ3v) is 3.46. The van der Waals surface area contributed by atoms with Crippen molar-refractivity contribution in [2.24, 2.45) is 5.92 Å². The van der Waals surface area contributed by atoms with Gasteiger partial charge in [-0.15, -0.1) is 0 Å². The molecule has 0 bridgehead atoms. The number of carboxylic acids is 1. The Hall–Kier alpha value is -0.650. The van der Waals surface area contributed by atoms with E-state index < -0.39 is 5.97 Å². The number of ether oxygens (including phenoxy) is 1. The van der Waals surface area contributed by atoms with E-state index >= 15 is 0 Å². The van der Waals surface area contributed by atoms with Crippen LogP contribution in [-0.4, -0.2) is 60.9 Å². The quantitative estimate of drug-likeness (QED) is 0.695. The molecule has 0 aromatic heterocycles. The number of carbonyl (C=O) groups is 1. The highest BCUT2D eigenvalue weighted by molar-refractivity contribution is 5.74. The van der Waals surface area contributed by atoms with Crippen LogP contribution < -0.4 is 5.32 Å². The maximum atomic E-state index is 11.1. The van der Waals surface area contributed by atoms with Gasteiger partial charge in [-0.1, -0.05) is 0 Å². The van der Waals surface area contributed by atoms with Crippen LogP contribution in [0, 0.1) is 5.92 Å². The summed E-state index contributed by atoms with van der Waals surface area (Å²) in [5, 5.41) is 12.4. The van der Waals surface area contributed by atoms with Crippen LogP contribution in [-0.2, 0) is 9.53 Å². The lowest BCUT2D eigenvalue weighted by molar-refractivity contribution is -0.140. The molecule has 2 fully saturated rings. The van der Waals surface area contributed by atoms with Crippen LogP contribution in [0.3, 0.4) is 0 Å². The fourth-order valence-corrected chi connectivity index (χ4v) is 2.37. The normalized spacial score (nSPS) is 25.5. The molecule has 5 heteroatoms. The van der Waals surface area contributed by atoms with Crippen molar-refractivity contribution in [2.45, 2.75) is 31.8 Å². The predicted octanol–water partition coefficient (Wildman–Crippen LogP) is 0.160. The van der Waals surface area contributed by atoms with Gasteiger partial charge >= 0.3 is 5.97 Å². The van der Waals surface area contributed by atoms with Crippen molar-refractivity contribution in [1.82, 2.24) is 10.2 Å². The second kappa shape index (κ2) is 5.80. The first kappa shape index (κ1) is 12.8. The molecule has 1 saturated carbocycles. The van der Waals surface area contributed by atoms with Gasteiger partial charge in [0.15, 0.2) is 0 Å². The summed E-state index contributed by atoms with van der Waals surface area (Å²) in [5.41, 5.74) is 0. The number of carboxylic acid groups (broad SMARTS) is 1. The lowest BCUT2D eigenvalue weighted by Crippen LogP contribution is -2.50. The molecule has 1 aliphatic heterocycles. The van der Waals surface area contributed by atoms with Crippen molar-refractivity contribution in [3.63, 3.8) is 0 Å². The molecule has 5 nitrogen and oxygen atoms in total. The Kier molecular flexibility index (Phi) is 4.36. The first-order chi connectivity index (χ1) is 8.16. The number of hydrogen-bond donors (Lipinski definition) is 2. The number of morpholine rings is 1. The van der Waals surface area contributed by atoms with Gasteiger partial charge in [0.05, 0.1) is 13.2 Å². The zero-order valence-corrected chi connectivity index (χ0v) is 10.4. The first-order valence-electron chi connectivity index (χ1n) is 6.46. The summed E-state index contributed by atoms with van der Waals surface area (Å²) in [7, 11) is 0. The molecule has 1 saturated heterocycles. The minimum atomic E-state index is -0.707. The van der Waals surface area contributed by atoms with Crippen molar-refractivity contribution >= 4 is 5.97 Å². The maximum Gasteiger partial charge on any atom is 0.320 e. The Balaban J connectivity index is 1.74. The number of nitrogens with one attached hydrogen (secondary N) is 1. The average molecular weight is 242 g/mol. The van der Waals surface area contributed by atoms with E-state index in [0.29, 0.717) is 5.92 Å². The lowest BCUT2D eigenvalue weighted by atomic mass is 10.1. The molecule has 1 aliphatic carbocycles. The van der Waals surface area contributed by atoms with Crippen molar-refractivity contribution in [3.05, 3.63) is 0 Å². The lowest BCUT2D eigenvalue weighted by Gasteiger charge is -2.30. The Morgan fingerprint density at radius 1 is 1.47 bits per heavy atom. The van der Waals surface area contributed by atoms with E-state index in [4.69, 9.17) is 9.84 Å². The largest absolute Gasteiger partial charge is 0.480 e. The third kappa shape index (κ3) is 3.94. The van der Waals surface area contributed by atoms with Crippen LogP contribution in [0.4, 0.5) is 0 Å². The maximum absolute atomic E-state index is 11.1. The minimum Gasteiger partial charge on any atom is -0.480 e. The highest BCUT2D eigenvalue weighted by atomic mass is 16.5. The smallest absolute Gasteiger partial charge is 0.320 e. The zero-order chi connectivity index (χ0) is 12.3. The van der Waals surface area contributed by atoms with Gasteiger partial charge in [-0.25, -0.2) is 0 Å². The molecule has 1 heterocycles. The van der Waals surface area contributed by atoms with Crippen LogP contribution in [0.5, 0.6) is 0 Å². The van der Waals surface area contributed by atoms with Crippen molar-refractivity contribution in [1.29, 1.82) is 0 Å². The van der Waals surface area contributed by atoms with E-state index in [1.807, 2.05) is 0 Å². The summed E-state index contributed by atoms with van der Waals surface area (Å²) in [6, 6.07) is -0.138. The SMILES string of the molecule is CC(CN1CCOCC1)NC(C(=O)O)C1CC1. The second-order valence-corrected chi connectivity index (χ2v) is 5.13. The summed E-state index contributed by atoms with van der Waals surface area (Å²) < 4.78 is 5.29. The average Bonchev–Trinajstić information content (AvgIpc) is 3.11. The molecule has 2 N–H and O–H groups in total. The van der Waals surface area contributed by atoms with Gasteiger partial charge in [0.2, 0.25) is 0 Å². The van der Waals surface area contributed by atoms with Crippen molar-refractivity contribution in [2.75, 3.05) is 32.8 Å². The summed E-state index contributed by atoms with van der Waals surface area (Å²) in [5.74, 6) is -0.360. The summed E-state index contributed by atoms with van der Waals surface area (Å²) in [6.45, 7) is 6.45. The second-order valence-electron chi connectivity index (χ2n) is 5.13. The van der Waals surface area contributed by atoms with Crippen LogP contribution in [0.1, 0.15) is 19.8 Å². The van der Waals surface area contributed by atoms with Crippen molar-refractivity contribution in [3.8, 4) is 0 Å². The molecule has 0 aromatic rings. The number of rotatable bonds is 6. The van der Waals surface area contributed by atoms with E-state index in [1.165, 1.54) is 0 Å². The highest BCUT2D eigenvalue weighted by Crippen LogP contribution is 2.32. The third-order valence-electron chi connectivity index (χ3n) is 3.46. The monoisotopic (exact) mass is 242 g/mol. The Morgan fingerprint density at radius 3 is 2.65 bits per heavy atom. The molecule has 0 aromatic carbocycles. The minimum absolute atomic E-state index is 0.217. The van der Waals surface area contributed by atoms with Gasteiger partial charge in [-0.3, -0.25) is 9.69 Å². The summed E-state index contributed by atoms with van der Waals surface area (Å²) in [4.78, 5) is 13.4.